The zero-order valence-corrected chi connectivity index (χ0v) is 11.8. The minimum Gasteiger partial charge on any atom is -0.313 e. The topological polar surface area (TPSA) is 84.3 Å². The van der Waals surface area contributed by atoms with Gasteiger partial charge in [0.15, 0.2) is 0 Å². The highest BCUT2D eigenvalue weighted by atomic mass is 15.5. The van der Waals surface area contributed by atoms with Crippen LogP contribution in [0.3, 0.4) is 0 Å². The molecule has 0 saturated heterocycles. The van der Waals surface area contributed by atoms with Gasteiger partial charge in [-0.15, -0.1) is 5.10 Å². The van der Waals surface area contributed by atoms with Gasteiger partial charge in [-0.1, -0.05) is 19.1 Å². The third-order valence-electron chi connectivity index (χ3n) is 3.21. The number of nitrogens with one attached hydrogen (secondary N) is 2. The molecule has 2 heterocycles. The minimum absolute atomic E-state index is 0.800. The lowest BCUT2D eigenvalue weighted by atomic mass is 10.1. The number of nitrogens with zero attached hydrogens (tertiary/aromatic N) is 5. The van der Waals surface area contributed by atoms with Crippen molar-refractivity contribution in [3.05, 3.63) is 42.4 Å². The normalized spacial score (nSPS) is 10.9. The number of hydrogen-bond acceptors (Lipinski definition) is 5. The molecule has 0 aliphatic carbocycles. The van der Waals surface area contributed by atoms with Crippen LogP contribution in [-0.2, 0) is 6.54 Å². The van der Waals surface area contributed by atoms with Crippen LogP contribution in [0.15, 0.2) is 36.8 Å². The van der Waals surface area contributed by atoms with Gasteiger partial charge in [-0.25, -0.2) is 4.68 Å². The average Bonchev–Trinajstić information content (AvgIpc) is 3.19. The summed E-state index contributed by atoms with van der Waals surface area (Å²) >= 11 is 0. The summed E-state index contributed by atoms with van der Waals surface area (Å²) in [6.07, 6.45) is 4.56. The summed E-state index contributed by atoms with van der Waals surface area (Å²) in [6, 6.07) is 8.03. The van der Waals surface area contributed by atoms with Crippen LogP contribution in [0.2, 0.25) is 0 Å². The molecule has 0 bridgehead atoms. The molecule has 0 unspecified atom stereocenters. The van der Waals surface area contributed by atoms with Crippen LogP contribution in [0.5, 0.6) is 0 Å². The van der Waals surface area contributed by atoms with Crippen molar-refractivity contribution in [2.45, 2.75) is 19.9 Å². The fourth-order valence-corrected chi connectivity index (χ4v) is 2.18. The molecule has 0 aliphatic heterocycles. The molecule has 0 atom stereocenters. The van der Waals surface area contributed by atoms with Crippen molar-refractivity contribution >= 4 is 0 Å². The van der Waals surface area contributed by atoms with Crippen molar-refractivity contribution in [1.82, 2.24) is 35.7 Å². The number of benzene rings is 1. The van der Waals surface area contributed by atoms with Gasteiger partial charge in [-0.2, -0.15) is 5.10 Å². The maximum Gasteiger partial charge on any atom is 0.143 e. The SMILES string of the molecule is CCCNCc1cn[nH]c1-c1cccc(-n2cnnn2)c1. The minimum atomic E-state index is 0.800. The highest BCUT2D eigenvalue weighted by Gasteiger charge is 2.08. The Kier molecular flexibility index (Phi) is 4.02. The van der Waals surface area contributed by atoms with Crippen molar-refractivity contribution in [2.24, 2.45) is 0 Å². The van der Waals surface area contributed by atoms with E-state index < -0.39 is 0 Å². The Morgan fingerprint density at radius 3 is 3.10 bits per heavy atom. The molecule has 2 aromatic heterocycles. The monoisotopic (exact) mass is 283 g/mol. The van der Waals surface area contributed by atoms with Gasteiger partial charge in [-0.05, 0) is 35.5 Å². The Labute approximate surface area is 122 Å². The van der Waals surface area contributed by atoms with E-state index in [9.17, 15) is 0 Å². The third kappa shape index (κ3) is 2.97. The highest BCUT2D eigenvalue weighted by molar-refractivity contribution is 5.65. The van der Waals surface area contributed by atoms with Gasteiger partial charge in [0.05, 0.1) is 17.6 Å². The Hall–Kier alpha value is -2.54. The lowest BCUT2D eigenvalue weighted by molar-refractivity contribution is 0.676. The zero-order valence-electron chi connectivity index (χ0n) is 11.8. The first kappa shape index (κ1) is 13.4. The van der Waals surface area contributed by atoms with Gasteiger partial charge in [0.25, 0.3) is 0 Å². The fourth-order valence-electron chi connectivity index (χ4n) is 2.18. The van der Waals surface area contributed by atoms with E-state index in [-0.39, 0.29) is 0 Å². The van der Waals surface area contributed by atoms with Gasteiger partial charge in [0.2, 0.25) is 0 Å². The molecule has 108 valence electrons. The second kappa shape index (κ2) is 6.27. The summed E-state index contributed by atoms with van der Waals surface area (Å²) in [5.74, 6) is 0. The molecule has 3 aromatic rings. The number of aromatic nitrogens is 6. The maximum atomic E-state index is 4.16. The summed E-state index contributed by atoms with van der Waals surface area (Å²) < 4.78 is 1.63. The lowest BCUT2D eigenvalue weighted by Crippen LogP contribution is -2.13. The van der Waals surface area contributed by atoms with E-state index in [0.717, 1.165) is 42.0 Å². The Bertz CT molecular complexity index is 687. The van der Waals surface area contributed by atoms with E-state index >= 15 is 0 Å². The molecular formula is C14H17N7. The predicted molar refractivity (Wildman–Crippen MR) is 78.7 cm³/mol. The van der Waals surface area contributed by atoms with Crippen molar-refractivity contribution in [3.8, 4) is 16.9 Å². The van der Waals surface area contributed by atoms with E-state index in [1.54, 1.807) is 11.0 Å². The number of hydrogen-bond donors (Lipinski definition) is 2. The lowest BCUT2D eigenvalue weighted by Gasteiger charge is -2.06. The summed E-state index contributed by atoms with van der Waals surface area (Å²) in [5, 5.41) is 21.9. The van der Waals surface area contributed by atoms with Gasteiger partial charge in [0, 0.05) is 17.7 Å². The van der Waals surface area contributed by atoms with Crippen LogP contribution < -0.4 is 5.32 Å². The summed E-state index contributed by atoms with van der Waals surface area (Å²) in [5.41, 5.74) is 4.15. The van der Waals surface area contributed by atoms with Crippen molar-refractivity contribution < 1.29 is 0 Å². The number of rotatable bonds is 6. The average molecular weight is 283 g/mol. The molecule has 3 rings (SSSR count). The summed E-state index contributed by atoms with van der Waals surface area (Å²) in [4.78, 5) is 0. The molecule has 21 heavy (non-hydrogen) atoms. The quantitative estimate of drug-likeness (QED) is 0.671. The molecule has 2 N–H and O–H groups in total. The molecule has 7 nitrogen and oxygen atoms in total. The van der Waals surface area contributed by atoms with Crippen LogP contribution in [-0.4, -0.2) is 36.9 Å². The van der Waals surface area contributed by atoms with E-state index in [1.165, 1.54) is 0 Å². The Morgan fingerprint density at radius 1 is 1.33 bits per heavy atom. The zero-order chi connectivity index (χ0) is 14.5. The van der Waals surface area contributed by atoms with Crippen molar-refractivity contribution in [3.63, 3.8) is 0 Å². The smallest absolute Gasteiger partial charge is 0.143 e. The second-order valence-corrected chi connectivity index (χ2v) is 4.75. The third-order valence-corrected chi connectivity index (χ3v) is 3.21. The van der Waals surface area contributed by atoms with Crippen molar-refractivity contribution in [2.75, 3.05) is 6.54 Å². The van der Waals surface area contributed by atoms with Gasteiger partial charge >= 0.3 is 0 Å². The second-order valence-electron chi connectivity index (χ2n) is 4.75. The summed E-state index contributed by atoms with van der Waals surface area (Å²) in [7, 11) is 0. The number of H-pyrrole nitrogens is 1. The van der Waals surface area contributed by atoms with E-state index in [2.05, 4.69) is 38.0 Å². The largest absolute Gasteiger partial charge is 0.313 e. The van der Waals surface area contributed by atoms with Crippen LogP contribution in [0.1, 0.15) is 18.9 Å². The molecular weight excluding hydrogens is 266 g/mol. The van der Waals surface area contributed by atoms with Crippen LogP contribution in [0, 0.1) is 0 Å². The number of aromatic amines is 1. The molecule has 0 aliphatic rings. The Morgan fingerprint density at radius 2 is 2.29 bits per heavy atom. The highest BCUT2D eigenvalue weighted by Crippen LogP contribution is 2.23. The molecule has 0 spiro atoms. The van der Waals surface area contributed by atoms with E-state index in [4.69, 9.17) is 0 Å². The van der Waals surface area contributed by atoms with Crippen LogP contribution in [0.25, 0.3) is 16.9 Å². The molecule has 1 aromatic carbocycles. The van der Waals surface area contributed by atoms with Gasteiger partial charge in [0.1, 0.15) is 6.33 Å². The van der Waals surface area contributed by atoms with Gasteiger partial charge in [-0.3, -0.25) is 5.10 Å². The van der Waals surface area contributed by atoms with Crippen LogP contribution in [0.4, 0.5) is 0 Å². The van der Waals surface area contributed by atoms with Crippen molar-refractivity contribution in [1.29, 1.82) is 0 Å². The predicted octanol–water partition coefficient (Wildman–Crippen LogP) is 1.55. The van der Waals surface area contributed by atoms with Gasteiger partial charge < -0.3 is 5.32 Å². The fraction of sp³-hybridized carbons (Fsp3) is 0.286. The van der Waals surface area contributed by atoms with E-state index in [0.29, 0.717) is 0 Å². The molecule has 0 amide bonds. The maximum absolute atomic E-state index is 4.16. The molecule has 0 saturated carbocycles. The first-order valence-corrected chi connectivity index (χ1v) is 6.95. The molecule has 0 radical (unpaired) electrons. The summed E-state index contributed by atoms with van der Waals surface area (Å²) in [6.45, 7) is 3.95. The molecule has 7 heteroatoms. The first-order chi connectivity index (χ1) is 10.4. The first-order valence-electron chi connectivity index (χ1n) is 6.95. The molecule has 0 fully saturated rings. The standard InChI is InChI=1S/C14H17N7/c1-2-6-15-8-12-9-16-18-14(12)11-4-3-5-13(7-11)21-10-17-19-20-21/h3-5,7,9-10,15H,2,6,8H2,1H3,(H,16,18). The Balaban J connectivity index is 1.87. The van der Waals surface area contributed by atoms with Crippen LogP contribution >= 0.6 is 0 Å². The van der Waals surface area contributed by atoms with E-state index in [1.807, 2.05) is 30.5 Å². The number of tetrazole rings is 1.